The second-order valence-electron chi connectivity index (χ2n) is 4.28. The Hall–Kier alpha value is -1.50. The lowest BCUT2D eigenvalue weighted by molar-refractivity contribution is 0.664. The van der Waals surface area contributed by atoms with Crippen LogP contribution in [0.5, 0.6) is 0 Å². The van der Waals surface area contributed by atoms with E-state index in [1.54, 1.807) is 6.33 Å². The number of hydrogen-bond acceptors (Lipinski definition) is 6. The van der Waals surface area contributed by atoms with E-state index in [1.807, 2.05) is 18.8 Å². The molecule has 6 nitrogen and oxygen atoms in total. The summed E-state index contributed by atoms with van der Waals surface area (Å²) in [5, 5.41) is 6.48. The van der Waals surface area contributed by atoms with Crippen LogP contribution in [0.25, 0.3) is 11.2 Å². The molecule has 0 aromatic carbocycles. The number of nitrogens with zero attached hydrogens (tertiary/aromatic N) is 3. The van der Waals surface area contributed by atoms with Crippen LogP contribution in [0.3, 0.4) is 0 Å². The number of aromatic nitrogens is 4. The fourth-order valence-electron chi connectivity index (χ4n) is 2.08. The second-order valence-corrected chi connectivity index (χ2v) is 5.50. The zero-order chi connectivity index (χ0) is 12.4. The van der Waals surface area contributed by atoms with Gasteiger partial charge in [-0.2, -0.15) is 21.7 Å². The van der Waals surface area contributed by atoms with Crippen molar-refractivity contribution in [2.45, 2.75) is 18.9 Å². The monoisotopic (exact) mass is 264 g/mol. The second kappa shape index (κ2) is 5.01. The summed E-state index contributed by atoms with van der Waals surface area (Å²) in [4.78, 5) is 16.1. The molecule has 3 rings (SSSR count). The summed E-state index contributed by atoms with van der Waals surface area (Å²) in [5.41, 5.74) is 1.58. The number of thioether (sulfide) groups is 1. The van der Waals surface area contributed by atoms with E-state index in [4.69, 9.17) is 0 Å². The van der Waals surface area contributed by atoms with E-state index in [2.05, 4.69) is 30.6 Å². The first kappa shape index (κ1) is 11.6. The molecule has 0 unspecified atom stereocenters. The SMILES string of the molecule is CNc1nc(NC2CCSCC2)c2[nH]cnc2n1. The van der Waals surface area contributed by atoms with Crippen LogP contribution < -0.4 is 10.6 Å². The van der Waals surface area contributed by atoms with Gasteiger partial charge < -0.3 is 15.6 Å². The average Bonchev–Trinajstić information content (AvgIpc) is 2.88. The molecule has 18 heavy (non-hydrogen) atoms. The normalized spacial score (nSPS) is 16.9. The van der Waals surface area contributed by atoms with Gasteiger partial charge in [0.05, 0.1) is 6.33 Å². The molecule has 1 fully saturated rings. The summed E-state index contributed by atoms with van der Waals surface area (Å²) in [6.07, 6.45) is 4.01. The lowest BCUT2D eigenvalue weighted by atomic mass is 10.1. The van der Waals surface area contributed by atoms with Gasteiger partial charge in [0.1, 0.15) is 5.52 Å². The molecule has 2 aromatic heterocycles. The maximum atomic E-state index is 4.47. The smallest absolute Gasteiger partial charge is 0.226 e. The highest BCUT2D eigenvalue weighted by Gasteiger charge is 2.16. The Kier molecular flexibility index (Phi) is 3.22. The molecular weight excluding hydrogens is 248 g/mol. The molecule has 3 heterocycles. The van der Waals surface area contributed by atoms with Crippen molar-refractivity contribution in [3.8, 4) is 0 Å². The fourth-order valence-corrected chi connectivity index (χ4v) is 3.19. The number of rotatable bonds is 3. The molecule has 0 radical (unpaired) electrons. The molecular formula is C11H16N6S. The minimum absolute atomic E-state index is 0.498. The predicted octanol–water partition coefficient (Wildman–Crippen LogP) is 1.70. The Morgan fingerprint density at radius 2 is 2.17 bits per heavy atom. The van der Waals surface area contributed by atoms with E-state index >= 15 is 0 Å². The highest BCUT2D eigenvalue weighted by atomic mass is 32.2. The van der Waals surface area contributed by atoms with Gasteiger partial charge in [-0.1, -0.05) is 0 Å². The summed E-state index contributed by atoms with van der Waals surface area (Å²) < 4.78 is 0. The van der Waals surface area contributed by atoms with E-state index in [0.717, 1.165) is 11.3 Å². The van der Waals surface area contributed by atoms with Crippen LogP contribution in [0.1, 0.15) is 12.8 Å². The van der Waals surface area contributed by atoms with E-state index < -0.39 is 0 Å². The Labute approximate surface area is 109 Å². The minimum atomic E-state index is 0.498. The van der Waals surface area contributed by atoms with Crippen molar-refractivity contribution in [1.82, 2.24) is 19.9 Å². The van der Waals surface area contributed by atoms with Crippen molar-refractivity contribution in [1.29, 1.82) is 0 Å². The van der Waals surface area contributed by atoms with E-state index in [-0.39, 0.29) is 0 Å². The lowest BCUT2D eigenvalue weighted by Gasteiger charge is -2.23. The van der Waals surface area contributed by atoms with Crippen molar-refractivity contribution in [3.05, 3.63) is 6.33 Å². The zero-order valence-electron chi connectivity index (χ0n) is 10.2. The molecule has 0 bridgehead atoms. The molecule has 1 saturated heterocycles. The number of anilines is 2. The van der Waals surface area contributed by atoms with Gasteiger partial charge in [-0.05, 0) is 24.3 Å². The van der Waals surface area contributed by atoms with Crippen molar-refractivity contribution in [2.75, 3.05) is 29.2 Å². The van der Waals surface area contributed by atoms with Gasteiger partial charge >= 0.3 is 0 Å². The van der Waals surface area contributed by atoms with E-state index in [1.165, 1.54) is 24.3 Å². The van der Waals surface area contributed by atoms with Crippen molar-refractivity contribution in [2.24, 2.45) is 0 Å². The molecule has 2 aromatic rings. The van der Waals surface area contributed by atoms with Crippen LogP contribution >= 0.6 is 11.8 Å². The first-order valence-corrected chi connectivity index (χ1v) is 7.25. The lowest BCUT2D eigenvalue weighted by Crippen LogP contribution is -2.25. The molecule has 96 valence electrons. The third-order valence-electron chi connectivity index (χ3n) is 3.07. The van der Waals surface area contributed by atoms with Crippen LogP contribution in [0, 0.1) is 0 Å². The van der Waals surface area contributed by atoms with Gasteiger partial charge in [0.2, 0.25) is 5.95 Å². The minimum Gasteiger partial charge on any atom is -0.365 e. The number of imidazole rings is 1. The number of nitrogens with one attached hydrogen (secondary N) is 3. The molecule has 0 aliphatic carbocycles. The van der Waals surface area contributed by atoms with Crippen LogP contribution in [-0.2, 0) is 0 Å². The summed E-state index contributed by atoms with van der Waals surface area (Å²) in [7, 11) is 1.81. The van der Waals surface area contributed by atoms with Gasteiger partial charge in [0.15, 0.2) is 11.5 Å². The van der Waals surface area contributed by atoms with Gasteiger partial charge in [0, 0.05) is 13.1 Å². The third-order valence-corrected chi connectivity index (χ3v) is 4.12. The van der Waals surface area contributed by atoms with Crippen molar-refractivity contribution >= 4 is 34.7 Å². The van der Waals surface area contributed by atoms with Gasteiger partial charge in [-0.25, -0.2) is 4.98 Å². The summed E-state index contributed by atoms with van der Waals surface area (Å²) in [6, 6.07) is 0.498. The van der Waals surface area contributed by atoms with Gasteiger partial charge in [-0.15, -0.1) is 0 Å². The largest absolute Gasteiger partial charge is 0.365 e. The highest BCUT2D eigenvalue weighted by Crippen LogP contribution is 2.24. The fraction of sp³-hybridized carbons (Fsp3) is 0.545. The van der Waals surface area contributed by atoms with E-state index in [0.29, 0.717) is 17.6 Å². The van der Waals surface area contributed by atoms with Gasteiger partial charge in [-0.3, -0.25) is 0 Å². The summed E-state index contributed by atoms with van der Waals surface area (Å²) in [5.74, 6) is 3.88. The molecule has 1 aliphatic rings. The Balaban J connectivity index is 1.91. The number of fused-ring (bicyclic) bond motifs is 1. The quantitative estimate of drug-likeness (QED) is 0.783. The molecule has 0 amide bonds. The molecule has 0 saturated carbocycles. The number of hydrogen-bond donors (Lipinski definition) is 3. The Morgan fingerprint density at radius 3 is 2.94 bits per heavy atom. The molecule has 7 heteroatoms. The zero-order valence-corrected chi connectivity index (χ0v) is 11.0. The van der Waals surface area contributed by atoms with Crippen LogP contribution in [-0.4, -0.2) is 44.5 Å². The average molecular weight is 264 g/mol. The topological polar surface area (TPSA) is 78.5 Å². The first-order valence-electron chi connectivity index (χ1n) is 6.10. The van der Waals surface area contributed by atoms with Crippen LogP contribution in [0.4, 0.5) is 11.8 Å². The third kappa shape index (κ3) is 2.22. The maximum Gasteiger partial charge on any atom is 0.226 e. The van der Waals surface area contributed by atoms with Crippen LogP contribution in [0.15, 0.2) is 6.33 Å². The highest BCUT2D eigenvalue weighted by molar-refractivity contribution is 7.99. The predicted molar refractivity (Wildman–Crippen MR) is 75.2 cm³/mol. The number of H-pyrrole nitrogens is 1. The standard InChI is InChI=1S/C11H16N6S/c1-12-11-16-9-8(13-6-14-9)10(17-11)15-7-2-4-18-5-3-7/h6-7H,2-5H2,1H3,(H3,12,13,14,15,16,17). The Bertz CT molecular complexity index is 533. The van der Waals surface area contributed by atoms with Crippen molar-refractivity contribution in [3.63, 3.8) is 0 Å². The molecule has 0 atom stereocenters. The van der Waals surface area contributed by atoms with Gasteiger partial charge in [0.25, 0.3) is 0 Å². The molecule has 0 spiro atoms. The summed E-state index contributed by atoms with van der Waals surface area (Å²) >= 11 is 2.02. The van der Waals surface area contributed by atoms with E-state index in [9.17, 15) is 0 Å². The molecule has 3 N–H and O–H groups in total. The summed E-state index contributed by atoms with van der Waals surface area (Å²) in [6.45, 7) is 0. The van der Waals surface area contributed by atoms with Crippen molar-refractivity contribution < 1.29 is 0 Å². The Morgan fingerprint density at radius 1 is 1.33 bits per heavy atom. The maximum absolute atomic E-state index is 4.47. The van der Waals surface area contributed by atoms with Crippen LogP contribution in [0.2, 0.25) is 0 Å². The molecule has 1 aliphatic heterocycles. The first-order chi connectivity index (χ1) is 8.86. The number of aromatic amines is 1.